The molecule has 0 radical (unpaired) electrons. The molecule has 1 saturated carbocycles. The molecule has 0 saturated heterocycles. The van der Waals surface area contributed by atoms with Crippen molar-refractivity contribution in [3.63, 3.8) is 0 Å². The van der Waals surface area contributed by atoms with Crippen LogP contribution in [0.2, 0.25) is 0 Å². The number of nitrogens with one attached hydrogen (secondary N) is 1. The summed E-state index contributed by atoms with van der Waals surface area (Å²) in [5.74, 6) is -0.375. The molecule has 12 heteroatoms. The fourth-order valence-electron chi connectivity index (χ4n) is 5.46. The summed E-state index contributed by atoms with van der Waals surface area (Å²) in [6, 6.07) is 13.0. The molecule has 1 amide bonds. The van der Waals surface area contributed by atoms with Crippen LogP contribution in [0.15, 0.2) is 80.7 Å². The van der Waals surface area contributed by atoms with E-state index in [0.717, 1.165) is 30.0 Å². The van der Waals surface area contributed by atoms with Crippen LogP contribution in [0.25, 0.3) is 11.0 Å². The lowest BCUT2D eigenvalue weighted by Gasteiger charge is -2.30. The van der Waals surface area contributed by atoms with Crippen molar-refractivity contribution >= 4 is 26.9 Å². The molecule has 1 aliphatic carbocycles. The Morgan fingerprint density at radius 2 is 1.84 bits per heavy atom. The minimum Gasteiger partial charge on any atom is -0.497 e. The van der Waals surface area contributed by atoms with Crippen LogP contribution in [0.5, 0.6) is 5.75 Å². The Labute approximate surface area is 250 Å². The highest BCUT2D eigenvalue weighted by molar-refractivity contribution is 7.89. The Bertz CT molecular complexity index is 1610. The molecule has 230 valence electrons. The van der Waals surface area contributed by atoms with Crippen LogP contribution in [0.4, 0.5) is 0 Å². The highest BCUT2D eigenvalue weighted by Crippen LogP contribution is 2.31. The lowest BCUT2D eigenvalue weighted by atomic mass is 9.93. The fraction of sp³-hybridized carbons (Fsp3) is 0.419. The number of ether oxygens (including phenoxy) is 3. The van der Waals surface area contributed by atoms with Gasteiger partial charge in [-0.05, 0) is 55.3 Å². The van der Waals surface area contributed by atoms with E-state index in [0.29, 0.717) is 22.3 Å². The Morgan fingerprint density at radius 3 is 2.56 bits per heavy atom. The topological polar surface area (TPSA) is 145 Å². The first-order valence-corrected chi connectivity index (χ1v) is 15.8. The van der Waals surface area contributed by atoms with E-state index in [1.165, 1.54) is 25.5 Å². The van der Waals surface area contributed by atoms with Crippen LogP contribution >= 0.6 is 0 Å². The summed E-state index contributed by atoms with van der Waals surface area (Å²) in [6.07, 6.45) is 6.16. The van der Waals surface area contributed by atoms with Gasteiger partial charge in [0.1, 0.15) is 11.3 Å². The van der Waals surface area contributed by atoms with E-state index in [-0.39, 0.29) is 60.8 Å². The number of fused-ring (bicyclic) bond motifs is 1. The zero-order valence-corrected chi connectivity index (χ0v) is 24.8. The van der Waals surface area contributed by atoms with Gasteiger partial charge in [0, 0.05) is 37.0 Å². The first-order valence-electron chi connectivity index (χ1n) is 14.4. The van der Waals surface area contributed by atoms with Gasteiger partial charge in [-0.2, -0.15) is 4.31 Å². The molecule has 0 unspecified atom stereocenters. The zero-order valence-electron chi connectivity index (χ0n) is 23.9. The quantitative estimate of drug-likeness (QED) is 0.315. The summed E-state index contributed by atoms with van der Waals surface area (Å²) >= 11 is 0. The molecular weight excluding hydrogens is 576 g/mol. The highest BCUT2D eigenvalue weighted by atomic mass is 32.2. The maximum Gasteiger partial charge on any atom is 0.286 e. The predicted molar refractivity (Wildman–Crippen MR) is 158 cm³/mol. The monoisotopic (exact) mass is 612 g/mol. The number of allylic oxidation sites excluding steroid dienone is 1. The Hall–Kier alpha value is -3.71. The predicted octanol–water partition coefficient (Wildman–Crippen LogP) is 3.27. The Kier molecular flexibility index (Phi) is 9.81. The smallest absolute Gasteiger partial charge is 0.286 e. The van der Waals surface area contributed by atoms with E-state index < -0.39 is 22.2 Å². The molecule has 2 aliphatic rings. The number of hydrogen-bond acceptors (Lipinski definition) is 9. The van der Waals surface area contributed by atoms with Crippen molar-refractivity contribution in [2.75, 3.05) is 33.4 Å². The molecule has 2 aromatic carbocycles. The van der Waals surface area contributed by atoms with Crippen LogP contribution in [0, 0.1) is 0 Å². The number of benzene rings is 2. The van der Waals surface area contributed by atoms with E-state index in [2.05, 4.69) is 5.32 Å². The average molecular weight is 613 g/mol. The lowest BCUT2D eigenvalue weighted by Crippen LogP contribution is -2.39. The summed E-state index contributed by atoms with van der Waals surface area (Å²) in [4.78, 5) is 26.6. The largest absolute Gasteiger partial charge is 0.497 e. The summed E-state index contributed by atoms with van der Waals surface area (Å²) in [5, 5.41) is 13.0. The van der Waals surface area contributed by atoms with Crippen molar-refractivity contribution in [3.05, 3.63) is 82.4 Å². The van der Waals surface area contributed by atoms with Gasteiger partial charge in [0.05, 0.1) is 36.9 Å². The van der Waals surface area contributed by atoms with E-state index >= 15 is 0 Å². The lowest BCUT2D eigenvalue weighted by molar-refractivity contribution is -0.146. The van der Waals surface area contributed by atoms with Gasteiger partial charge >= 0.3 is 0 Å². The number of carbonyl (C=O) groups excluding carboxylic acids is 1. The SMILES string of the molecule is COc1ccc(S(=O)(=O)N(CCO)CCO[C@H]2C[C@@H](c3coc4ccccc4c3=O)C=C(C(=O)NC3CCCC3)O2)cc1. The van der Waals surface area contributed by atoms with Crippen LogP contribution in [-0.4, -0.2) is 69.5 Å². The van der Waals surface area contributed by atoms with Gasteiger partial charge in [-0.25, -0.2) is 8.42 Å². The fourth-order valence-corrected chi connectivity index (χ4v) is 6.87. The van der Waals surface area contributed by atoms with Crippen molar-refractivity contribution in [1.29, 1.82) is 0 Å². The van der Waals surface area contributed by atoms with Gasteiger partial charge in [-0.15, -0.1) is 0 Å². The average Bonchev–Trinajstić information content (AvgIpc) is 3.54. The van der Waals surface area contributed by atoms with Crippen molar-refractivity contribution in [2.24, 2.45) is 0 Å². The van der Waals surface area contributed by atoms with Gasteiger partial charge in [-0.3, -0.25) is 9.59 Å². The van der Waals surface area contributed by atoms with Gasteiger partial charge in [0.25, 0.3) is 5.91 Å². The van der Waals surface area contributed by atoms with Crippen molar-refractivity contribution in [1.82, 2.24) is 9.62 Å². The number of hydrogen-bond donors (Lipinski definition) is 2. The molecule has 1 aromatic heterocycles. The molecule has 1 aliphatic heterocycles. The third-order valence-corrected chi connectivity index (χ3v) is 9.68. The van der Waals surface area contributed by atoms with Crippen LogP contribution in [0.3, 0.4) is 0 Å². The Morgan fingerprint density at radius 1 is 1.09 bits per heavy atom. The third-order valence-electron chi connectivity index (χ3n) is 7.77. The molecule has 0 bridgehead atoms. The van der Waals surface area contributed by atoms with E-state index in [9.17, 15) is 23.1 Å². The number of para-hydroxylation sites is 1. The molecule has 0 spiro atoms. The molecule has 1 fully saturated rings. The molecule has 3 aromatic rings. The minimum atomic E-state index is -3.94. The van der Waals surface area contributed by atoms with E-state index in [1.807, 2.05) is 0 Å². The highest BCUT2D eigenvalue weighted by Gasteiger charge is 2.32. The number of amides is 1. The van der Waals surface area contributed by atoms with E-state index in [4.69, 9.17) is 18.6 Å². The number of nitrogens with zero attached hydrogens (tertiary/aromatic N) is 1. The third kappa shape index (κ3) is 7.10. The first kappa shape index (κ1) is 30.7. The van der Waals surface area contributed by atoms with Gasteiger partial charge in [0.2, 0.25) is 16.3 Å². The molecule has 2 heterocycles. The van der Waals surface area contributed by atoms with Gasteiger partial charge < -0.3 is 29.1 Å². The maximum atomic E-state index is 13.4. The minimum absolute atomic E-state index is 0.0405. The van der Waals surface area contributed by atoms with Gasteiger partial charge in [0.15, 0.2) is 11.2 Å². The number of methoxy groups -OCH3 is 1. The molecule has 2 atom stereocenters. The number of sulfonamides is 1. The summed E-state index contributed by atoms with van der Waals surface area (Å²) in [6.45, 7) is -0.691. The standard InChI is InChI=1S/C31H36N2O9S/c1-39-23-10-12-24(13-11-23)43(37,38)33(14-16-34)15-17-40-29-19-21(18-28(42-29)31(36)32-22-6-2-3-7-22)26-20-41-27-9-5-4-8-25(27)30(26)35/h4-5,8-13,18,20-22,29,34H,2-3,6-7,14-17,19H2,1H3,(H,32,36)/t21-,29+/m0/s1. The molecule has 2 N–H and O–H groups in total. The number of rotatable bonds is 12. The van der Waals surface area contributed by atoms with E-state index in [1.54, 1.807) is 42.5 Å². The van der Waals surface area contributed by atoms with Crippen molar-refractivity contribution in [2.45, 2.75) is 55.2 Å². The molecule has 5 rings (SSSR count). The maximum absolute atomic E-state index is 13.4. The summed E-state index contributed by atoms with van der Waals surface area (Å²) < 4.78 is 50.4. The van der Waals surface area contributed by atoms with Gasteiger partial charge in [-0.1, -0.05) is 25.0 Å². The van der Waals surface area contributed by atoms with Crippen LogP contribution in [0.1, 0.15) is 43.6 Å². The summed E-state index contributed by atoms with van der Waals surface area (Å²) in [7, 11) is -2.45. The molecule has 43 heavy (non-hydrogen) atoms. The number of carbonyl (C=O) groups is 1. The van der Waals surface area contributed by atoms with Crippen LogP contribution < -0.4 is 15.5 Å². The second-order valence-corrected chi connectivity index (χ2v) is 12.5. The molecule has 11 nitrogen and oxygen atoms in total. The normalized spacial score (nSPS) is 19.3. The molecular formula is C31H36N2O9S. The number of aliphatic hydroxyl groups is 1. The second-order valence-electron chi connectivity index (χ2n) is 10.6. The summed E-state index contributed by atoms with van der Waals surface area (Å²) in [5.41, 5.74) is 0.617. The second kappa shape index (κ2) is 13.7. The van der Waals surface area contributed by atoms with Crippen LogP contribution in [-0.2, 0) is 24.3 Å². The zero-order chi connectivity index (χ0) is 30.4. The first-order chi connectivity index (χ1) is 20.8. The van der Waals surface area contributed by atoms with Crippen molar-refractivity contribution in [3.8, 4) is 5.75 Å². The Balaban J connectivity index is 1.33. The van der Waals surface area contributed by atoms with Crippen molar-refractivity contribution < 1.29 is 36.9 Å². The number of aliphatic hydroxyl groups excluding tert-OH is 1.